The van der Waals surface area contributed by atoms with Gasteiger partial charge in [-0.1, -0.05) is 13.8 Å². The van der Waals surface area contributed by atoms with Crippen LogP contribution in [0.5, 0.6) is 0 Å². The number of carbonyl (C=O) groups excluding carboxylic acids is 2. The van der Waals surface area contributed by atoms with Crippen LogP contribution >= 0.6 is 0 Å². The normalized spacial score (nSPS) is 24.0. The minimum atomic E-state index is -0.988. The van der Waals surface area contributed by atoms with Gasteiger partial charge in [0, 0.05) is 32.5 Å². The van der Waals surface area contributed by atoms with Crippen molar-refractivity contribution < 1.29 is 19.5 Å². The number of carbonyl (C=O) groups is 3. The highest BCUT2D eigenvalue weighted by Gasteiger charge is 2.31. The van der Waals surface area contributed by atoms with Crippen molar-refractivity contribution in [2.45, 2.75) is 78.2 Å². The Kier molecular flexibility index (Phi) is 7.07. The van der Waals surface area contributed by atoms with E-state index < -0.39 is 5.97 Å². The maximum atomic E-state index is 12.7. The number of aliphatic carboxylic acids is 1. The van der Waals surface area contributed by atoms with Crippen LogP contribution in [0.25, 0.3) is 0 Å². The SMILES string of the molecule is CC(=O)N(CC(=O)O)C1CCCN(C(=O)CC2CCC(C)(C)CC2)CC1. The summed E-state index contributed by atoms with van der Waals surface area (Å²) in [6.07, 6.45) is 7.51. The third kappa shape index (κ3) is 5.99. The quantitative estimate of drug-likeness (QED) is 0.811. The van der Waals surface area contributed by atoms with Gasteiger partial charge in [-0.15, -0.1) is 0 Å². The van der Waals surface area contributed by atoms with Crippen molar-refractivity contribution >= 4 is 17.8 Å². The molecular formula is C20H34N2O4. The Bertz CT molecular complexity index is 522. The number of likely N-dealkylation sites (tertiary alicyclic amines) is 1. The van der Waals surface area contributed by atoms with Crippen molar-refractivity contribution in [3.8, 4) is 0 Å². The molecular weight excluding hydrogens is 332 g/mol. The molecule has 0 aromatic rings. The molecule has 148 valence electrons. The number of carboxylic acid groups (broad SMARTS) is 1. The van der Waals surface area contributed by atoms with Gasteiger partial charge in [0.2, 0.25) is 11.8 Å². The molecule has 2 fully saturated rings. The average molecular weight is 367 g/mol. The summed E-state index contributed by atoms with van der Waals surface area (Å²) in [6, 6.07) is -0.0862. The second kappa shape index (κ2) is 8.87. The molecule has 0 aromatic carbocycles. The van der Waals surface area contributed by atoms with Gasteiger partial charge >= 0.3 is 5.97 Å². The molecule has 1 atom stereocenters. The lowest BCUT2D eigenvalue weighted by atomic mass is 9.72. The Hall–Kier alpha value is -1.59. The molecule has 0 spiro atoms. The van der Waals surface area contributed by atoms with Crippen LogP contribution in [0.15, 0.2) is 0 Å². The topological polar surface area (TPSA) is 77.9 Å². The largest absolute Gasteiger partial charge is 0.480 e. The van der Waals surface area contributed by atoms with Crippen LogP contribution in [0.2, 0.25) is 0 Å². The van der Waals surface area contributed by atoms with Crippen molar-refractivity contribution in [1.29, 1.82) is 0 Å². The molecule has 2 rings (SSSR count). The molecule has 1 heterocycles. The number of hydrogen-bond acceptors (Lipinski definition) is 3. The van der Waals surface area contributed by atoms with E-state index in [9.17, 15) is 14.4 Å². The van der Waals surface area contributed by atoms with E-state index in [-0.39, 0.29) is 24.4 Å². The van der Waals surface area contributed by atoms with Crippen LogP contribution in [0.4, 0.5) is 0 Å². The first-order chi connectivity index (χ1) is 12.2. The average Bonchev–Trinajstić information content (AvgIpc) is 2.80. The molecule has 2 aliphatic rings. The Morgan fingerprint density at radius 2 is 1.73 bits per heavy atom. The predicted octanol–water partition coefficient (Wildman–Crippen LogP) is 2.91. The monoisotopic (exact) mass is 366 g/mol. The summed E-state index contributed by atoms with van der Waals surface area (Å²) in [5, 5.41) is 9.03. The molecule has 1 saturated carbocycles. The molecule has 6 heteroatoms. The standard InChI is InChI=1S/C20H34N2O4/c1-15(23)22(14-19(25)26)17-5-4-11-21(12-8-17)18(24)13-16-6-9-20(2,3)10-7-16/h16-17H,4-14H2,1-3H3,(H,25,26). The van der Waals surface area contributed by atoms with E-state index in [2.05, 4.69) is 13.8 Å². The summed E-state index contributed by atoms with van der Waals surface area (Å²) >= 11 is 0. The van der Waals surface area contributed by atoms with Crippen LogP contribution in [-0.4, -0.2) is 58.4 Å². The number of nitrogens with zero attached hydrogens (tertiary/aromatic N) is 2. The van der Waals surface area contributed by atoms with Gasteiger partial charge in [-0.3, -0.25) is 14.4 Å². The highest BCUT2D eigenvalue weighted by Crippen LogP contribution is 2.39. The van der Waals surface area contributed by atoms with E-state index in [0.717, 1.165) is 25.7 Å². The highest BCUT2D eigenvalue weighted by atomic mass is 16.4. The van der Waals surface area contributed by atoms with E-state index in [1.54, 1.807) is 0 Å². The van der Waals surface area contributed by atoms with Gasteiger partial charge in [-0.2, -0.15) is 0 Å². The first kappa shape index (κ1) is 20.7. The smallest absolute Gasteiger partial charge is 0.323 e. The van der Waals surface area contributed by atoms with E-state index in [1.807, 2.05) is 4.90 Å². The number of amides is 2. The summed E-state index contributed by atoms with van der Waals surface area (Å²) in [6.45, 7) is 7.10. The third-order valence-corrected chi connectivity index (χ3v) is 6.12. The second-order valence-electron chi connectivity index (χ2n) is 8.82. The number of rotatable bonds is 5. The fourth-order valence-electron chi connectivity index (χ4n) is 4.32. The van der Waals surface area contributed by atoms with Crippen molar-refractivity contribution in [3.63, 3.8) is 0 Å². The fraction of sp³-hybridized carbons (Fsp3) is 0.850. The van der Waals surface area contributed by atoms with Crippen molar-refractivity contribution in [2.24, 2.45) is 11.3 Å². The second-order valence-corrected chi connectivity index (χ2v) is 8.82. The zero-order valence-electron chi connectivity index (χ0n) is 16.5. The lowest BCUT2D eigenvalue weighted by molar-refractivity contribution is -0.145. The molecule has 0 aromatic heterocycles. The summed E-state index contributed by atoms with van der Waals surface area (Å²) in [4.78, 5) is 38.9. The van der Waals surface area contributed by atoms with Crippen molar-refractivity contribution in [3.05, 3.63) is 0 Å². The van der Waals surface area contributed by atoms with E-state index in [4.69, 9.17) is 5.11 Å². The zero-order valence-corrected chi connectivity index (χ0v) is 16.5. The maximum absolute atomic E-state index is 12.7. The first-order valence-corrected chi connectivity index (χ1v) is 9.95. The molecule has 0 bridgehead atoms. The minimum absolute atomic E-state index is 0.0862. The highest BCUT2D eigenvalue weighted by molar-refractivity contribution is 5.80. The van der Waals surface area contributed by atoms with Crippen LogP contribution < -0.4 is 0 Å². The molecule has 1 aliphatic carbocycles. The predicted molar refractivity (Wildman–Crippen MR) is 99.6 cm³/mol. The molecule has 1 aliphatic heterocycles. The van der Waals surface area contributed by atoms with E-state index in [0.29, 0.717) is 37.3 Å². The Morgan fingerprint density at radius 1 is 1.08 bits per heavy atom. The maximum Gasteiger partial charge on any atom is 0.323 e. The minimum Gasteiger partial charge on any atom is -0.480 e. The van der Waals surface area contributed by atoms with Crippen LogP contribution in [-0.2, 0) is 14.4 Å². The van der Waals surface area contributed by atoms with Crippen LogP contribution in [0, 0.1) is 11.3 Å². The van der Waals surface area contributed by atoms with Gasteiger partial charge in [-0.05, 0) is 56.3 Å². The van der Waals surface area contributed by atoms with Gasteiger partial charge in [0.05, 0.1) is 0 Å². The summed E-state index contributed by atoms with van der Waals surface area (Å²) in [5.41, 5.74) is 0.412. The van der Waals surface area contributed by atoms with Crippen LogP contribution in [0.3, 0.4) is 0 Å². The van der Waals surface area contributed by atoms with Gasteiger partial charge < -0.3 is 14.9 Å². The molecule has 6 nitrogen and oxygen atoms in total. The molecule has 2 amide bonds. The number of hydrogen-bond donors (Lipinski definition) is 1. The summed E-state index contributed by atoms with van der Waals surface area (Å²) < 4.78 is 0. The van der Waals surface area contributed by atoms with Gasteiger partial charge in [0.15, 0.2) is 0 Å². The Labute approximate surface area is 156 Å². The first-order valence-electron chi connectivity index (χ1n) is 9.95. The zero-order chi connectivity index (χ0) is 19.3. The van der Waals surface area contributed by atoms with E-state index in [1.165, 1.54) is 24.7 Å². The van der Waals surface area contributed by atoms with Gasteiger partial charge in [0.1, 0.15) is 6.54 Å². The Balaban J connectivity index is 1.86. The van der Waals surface area contributed by atoms with E-state index >= 15 is 0 Å². The lowest BCUT2D eigenvalue weighted by Crippen LogP contribution is -2.43. The molecule has 1 saturated heterocycles. The number of carboxylic acids is 1. The molecule has 0 radical (unpaired) electrons. The van der Waals surface area contributed by atoms with Gasteiger partial charge in [-0.25, -0.2) is 0 Å². The lowest BCUT2D eigenvalue weighted by Gasteiger charge is -2.35. The van der Waals surface area contributed by atoms with Crippen molar-refractivity contribution in [1.82, 2.24) is 9.80 Å². The van der Waals surface area contributed by atoms with Crippen LogP contribution in [0.1, 0.15) is 72.1 Å². The fourth-order valence-corrected chi connectivity index (χ4v) is 4.32. The molecule has 26 heavy (non-hydrogen) atoms. The van der Waals surface area contributed by atoms with Crippen molar-refractivity contribution in [2.75, 3.05) is 19.6 Å². The summed E-state index contributed by atoms with van der Waals surface area (Å²) in [7, 11) is 0. The van der Waals surface area contributed by atoms with Gasteiger partial charge in [0.25, 0.3) is 0 Å². The molecule has 1 N–H and O–H groups in total. The molecule has 1 unspecified atom stereocenters. The Morgan fingerprint density at radius 3 is 2.31 bits per heavy atom. The third-order valence-electron chi connectivity index (χ3n) is 6.12. The summed E-state index contributed by atoms with van der Waals surface area (Å²) in [5.74, 6) is -0.474.